The zero-order chi connectivity index (χ0) is 15.8. The molecule has 2 fully saturated rings. The minimum atomic E-state index is 0.690. The van der Waals surface area contributed by atoms with Gasteiger partial charge in [-0.05, 0) is 30.9 Å². The van der Waals surface area contributed by atoms with E-state index in [-0.39, 0.29) is 0 Å². The summed E-state index contributed by atoms with van der Waals surface area (Å²) in [6.07, 6.45) is 8.14. The molecule has 1 aromatic carbocycles. The van der Waals surface area contributed by atoms with Crippen LogP contribution in [0.5, 0.6) is 0 Å². The molecule has 2 aliphatic heterocycles. The van der Waals surface area contributed by atoms with Gasteiger partial charge in [-0.1, -0.05) is 30.2 Å². The molecule has 4 nitrogen and oxygen atoms in total. The van der Waals surface area contributed by atoms with Crippen molar-refractivity contribution >= 4 is 0 Å². The zero-order valence-electron chi connectivity index (χ0n) is 14.1. The monoisotopic (exact) mass is 310 g/mol. The second kappa shape index (κ2) is 6.10. The minimum absolute atomic E-state index is 0.690. The molecule has 1 N–H and O–H groups in total. The fourth-order valence-electron chi connectivity index (χ4n) is 4.12. The molecule has 23 heavy (non-hydrogen) atoms. The Balaban J connectivity index is 1.59. The van der Waals surface area contributed by atoms with Crippen molar-refractivity contribution in [1.82, 2.24) is 20.0 Å². The first-order valence-electron chi connectivity index (χ1n) is 8.74. The first-order chi connectivity index (χ1) is 11.2. The van der Waals surface area contributed by atoms with Crippen molar-refractivity contribution in [2.24, 2.45) is 7.05 Å². The van der Waals surface area contributed by atoms with Gasteiger partial charge in [-0.25, -0.2) is 0 Å². The number of benzene rings is 1. The SMILES string of the molecule is Cc1ccc(CN2CC3CCCC(C2)N3)c(-c2cnn(C)c2)c1. The third kappa shape index (κ3) is 3.19. The van der Waals surface area contributed by atoms with Crippen LogP contribution in [0, 0.1) is 6.92 Å². The highest BCUT2D eigenvalue weighted by molar-refractivity contribution is 5.66. The lowest BCUT2D eigenvalue weighted by Crippen LogP contribution is -2.58. The number of aryl methyl sites for hydroxylation is 2. The van der Waals surface area contributed by atoms with Crippen LogP contribution in [0.25, 0.3) is 11.1 Å². The number of likely N-dealkylation sites (tertiary alicyclic amines) is 1. The number of nitrogens with zero attached hydrogens (tertiary/aromatic N) is 3. The minimum Gasteiger partial charge on any atom is -0.309 e. The first-order valence-corrected chi connectivity index (χ1v) is 8.74. The number of nitrogens with one attached hydrogen (secondary N) is 1. The summed E-state index contributed by atoms with van der Waals surface area (Å²) in [5.74, 6) is 0. The second-order valence-electron chi connectivity index (χ2n) is 7.25. The lowest BCUT2D eigenvalue weighted by Gasteiger charge is -2.42. The van der Waals surface area contributed by atoms with Gasteiger partial charge in [0.2, 0.25) is 0 Å². The van der Waals surface area contributed by atoms with Crippen LogP contribution >= 0.6 is 0 Å². The van der Waals surface area contributed by atoms with Gasteiger partial charge in [0.15, 0.2) is 0 Å². The number of hydrogen-bond acceptors (Lipinski definition) is 3. The van der Waals surface area contributed by atoms with Gasteiger partial charge >= 0.3 is 0 Å². The van der Waals surface area contributed by atoms with E-state index in [2.05, 4.69) is 46.6 Å². The van der Waals surface area contributed by atoms with Gasteiger partial charge in [-0.15, -0.1) is 0 Å². The standard InChI is InChI=1S/C19H26N4/c1-14-6-7-15(19(8-14)16-9-20-22(2)10-16)11-23-12-17-4-3-5-18(13-23)21-17/h6-10,17-18,21H,3-5,11-13H2,1-2H3. The molecule has 0 aliphatic carbocycles. The molecule has 0 spiro atoms. The molecule has 0 saturated carbocycles. The quantitative estimate of drug-likeness (QED) is 0.946. The average Bonchev–Trinajstić information content (AvgIpc) is 2.95. The van der Waals surface area contributed by atoms with Gasteiger partial charge in [-0.2, -0.15) is 5.10 Å². The van der Waals surface area contributed by atoms with E-state index >= 15 is 0 Å². The van der Waals surface area contributed by atoms with Crippen LogP contribution in [0.4, 0.5) is 0 Å². The lowest BCUT2D eigenvalue weighted by molar-refractivity contribution is 0.119. The van der Waals surface area contributed by atoms with Gasteiger partial charge in [0, 0.05) is 50.5 Å². The highest BCUT2D eigenvalue weighted by Crippen LogP contribution is 2.27. The van der Waals surface area contributed by atoms with Crippen LogP contribution in [0.1, 0.15) is 30.4 Å². The van der Waals surface area contributed by atoms with Crippen molar-refractivity contribution in [3.63, 3.8) is 0 Å². The number of piperazine rings is 1. The number of fused-ring (bicyclic) bond motifs is 2. The molecule has 2 atom stereocenters. The molecular weight excluding hydrogens is 284 g/mol. The van der Waals surface area contributed by atoms with Crippen molar-refractivity contribution in [3.05, 3.63) is 41.7 Å². The summed E-state index contributed by atoms with van der Waals surface area (Å²) in [4.78, 5) is 2.63. The van der Waals surface area contributed by atoms with Gasteiger partial charge in [0.25, 0.3) is 0 Å². The Bertz CT molecular complexity index is 678. The molecule has 2 saturated heterocycles. The maximum absolute atomic E-state index is 4.35. The highest BCUT2D eigenvalue weighted by atomic mass is 15.2. The fraction of sp³-hybridized carbons (Fsp3) is 0.526. The van der Waals surface area contributed by atoms with Gasteiger partial charge in [0.1, 0.15) is 0 Å². The van der Waals surface area contributed by atoms with E-state index in [1.54, 1.807) is 0 Å². The summed E-state index contributed by atoms with van der Waals surface area (Å²) in [7, 11) is 1.98. The van der Waals surface area contributed by atoms with E-state index in [0.717, 1.165) is 6.54 Å². The third-order valence-corrected chi connectivity index (χ3v) is 5.21. The fourth-order valence-corrected chi connectivity index (χ4v) is 4.12. The van der Waals surface area contributed by atoms with Gasteiger partial charge < -0.3 is 5.32 Å². The Hall–Kier alpha value is -1.65. The molecule has 1 aromatic heterocycles. The first kappa shape index (κ1) is 14.9. The smallest absolute Gasteiger partial charge is 0.0568 e. The van der Waals surface area contributed by atoms with Crippen molar-refractivity contribution in [3.8, 4) is 11.1 Å². The van der Waals surface area contributed by atoms with Crippen molar-refractivity contribution in [2.75, 3.05) is 13.1 Å². The van der Waals surface area contributed by atoms with Crippen molar-refractivity contribution in [1.29, 1.82) is 0 Å². The Morgan fingerprint density at radius 1 is 1.22 bits per heavy atom. The summed E-state index contributed by atoms with van der Waals surface area (Å²) in [5.41, 5.74) is 5.29. The maximum Gasteiger partial charge on any atom is 0.0568 e. The molecule has 2 bridgehead atoms. The Labute approximate surface area is 138 Å². The highest BCUT2D eigenvalue weighted by Gasteiger charge is 2.29. The Morgan fingerprint density at radius 3 is 2.70 bits per heavy atom. The molecule has 3 heterocycles. The van der Waals surface area contributed by atoms with Crippen molar-refractivity contribution in [2.45, 2.75) is 44.8 Å². The van der Waals surface area contributed by atoms with Crippen LogP contribution in [0.15, 0.2) is 30.6 Å². The topological polar surface area (TPSA) is 33.1 Å². The average molecular weight is 310 g/mol. The molecule has 2 aromatic rings. The van der Waals surface area contributed by atoms with E-state index in [1.807, 2.05) is 17.9 Å². The van der Waals surface area contributed by atoms with E-state index in [9.17, 15) is 0 Å². The molecular formula is C19H26N4. The number of piperidine rings is 1. The zero-order valence-corrected chi connectivity index (χ0v) is 14.1. The molecule has 4 heteroatoms. The van der Waals surface area contributed by atoms with Crippen LogP contribution < -0.4 is 5.32 Å². The summed E-state index contributed by atoms with van der Waals surface area (Å²) in [5, 5.41) is 8.12. The normalized spacial score (nSPS) is 24.8. The van der Waals surface area contributed by atoms with Crippen LogP contribution in [0.3, 0.4) is 0 Å². The lowest BCUT2D eigenvalue weighted by atomic mass is 9.93. The number of aromatic nitrogens is 2. The Morgan fingerprint density at radius 2 is 2.00 bits per heavy atom. The van der Waals surface area contributed by atoms with E-state index < -0.39 is 0 Å². The summed E-state index contributed by atoms with van der Waals surface area (Å²) in [6, 6.07) is 8.22. The predicted molar refractivity (Wildman–Crippen MR) is 93.2 cm³/mol. The summed E-state index contributed by atoms with van der Waals surface area (Å²) < 4.78 is 1.89. The molecule has 0 radical (unpaired) electrons. The maximum atomic E-state index is 4.35. The number of hydrogen-bond donors (Lipinski definition) is 1. The van der Waals surface area contributed by atoms with E-state index in [1.165, 1.54) is 54.6 Å². The molecule has 2 aliphatic rings. The Kier molecular flexibility index (Phi) is 3.95. The molecule has 122 valence electrons. The predicted octanol–water partition coefficient (Wildman–Crippen LogP) is 2.72. The summed E-state index contributed by atoms with van der Waals surface area (Å²) >= 11 is 0. The summed E-state index contributed by atoms with van der Waals surface area (Å²) in [6.45, 7) is 5.56. The molecule has 2 unspecified atom stereocenters. The van der Waals surface area contributed by atoms with Crippen LogP contribution in [0.2, 0.25) is 0 Å². The second-order valence-corrected chi connectivity index (χ2v) is 7.25. The largest absolute Gasteiger partial charge is 0.309 e. The van der Waals surface area contributed by atoms with Gasteiger partial charge in [-0.3, -0.25) is 9.58 Å². The van der Waals surface area contributed by atoms with Crippen LogP contribution in [-0.4, -0.2) is 39.9 Å². The van der Waals surface area contributed by atoms with Crippen molar-refractivity contribution < 1.29 is 0 Å². The number of rotatable bonds is 3. The molecule has 0 amide bonds. The van der Waals surface area contributed by atoms with E-state index in [4.69, 9.17) is 0 Å². The third-order valence-electron chi connectivity index (χ3n) is 5.21. The van der Waals surface area contributed by atoms with Gasteiger partial charge in [0.05, 0.1) is 6.20 Å². The van der Waals surface area contributed by atoms with E-state index in [0.29, 0.717) is 12.1 Å². The van der Waals surface area contributed by atoms with Crippen LogP contribution in [-0.2, 0) is 13.6 Å². The molecule has 4 rings (SSSR count).